The first-order valence-corrected chi connectivity index (χ1v) is 7.31. The fourth-order valence-electron chi connectivity index (χ4n) is 2.35. The highest BCUT2D eigenvalue weighted by Crippen LogP contribution is 2.34. The van der Waals surface area contributed by atoms with E-state index < -0.39 is 0 Å². The van der Waals surface area contributed by atoms with Gasteiger partial charge in [0.1, 0.15) is 0 Å². The van der Waals surface area contributed by atoms with E-state index in [4.69, 9.17) is 40.5 Å². The van der Waals surface area contributed by atoms with Crippen LogP contribution in [0.25, 0.3) is 0 Å². The van der Waals surface area contributed by atoms with E-state index in [1.807, 2.05) is 0 Å². The largest absolute Gasteiger partial charge is 0.328 e. The van der Waals surface area contributed by atoms with Gasteiger partial charge in [-0.3, -0.25) is 4.79 Å². The SMILES string of the molecule is NC1CCCC(C(=O)Nc2c(Cl)cc(Cl)cc2Cl)C1. The number of carbonyl (C=O) groups excluding carboxylic acids is 1. The highest BCUT2D eigenvalue weighted by Gasteiger charge is 2.26. The summed E-state index contributed by atoms with van der Waals surface area (Å²) in [5.41, 5.74) is 6.30. The van der Waals surface area contributed by atoms with Gasteiger partial charge >= 0.3 is 0 Å². The van der Waals surface area contributed by atoms with Crippen molar-refractivity contribution in [3.05, 3.63) is 27.2 Å². The number of rotatable bonds is 2. The predicted octanol–water partition coefficient (Wildman–Crippen LogP) is 4.10. The first kappa shape index (κ1) is 14.9. The number of hydrogen-bond acceptors (Lipinski definition) is 2. The van der Waals surface area contributed by atoms with Crippen molar-refractivity contribution >= 4 is 46.4 Å². The van der Waals surface area contributed by atoms with Crippen LogP contribution in [0.4, 0.5) is 5.69 Å². The highest BCUT2D eigenvalue weighted by atomic mass is 35.5. The summed E-state index contributed by atoms with van der Waals surface area (Å²) in [6.07, 6.45) is 3.50. The molecule has 0 aromatic heterocycles. The van der Waals surface area contributed by atoms with Gasteiger partial charge in [0.15, 0.2) is 0 Å². The van der Waals surface area contributed by atoms with E-state index in [1.54, 1.807) is 12.1 Å². The van der Waals surface area contributed by atoms with E-state index in [2.05, 4.69) is 5.32 Å². The standard InChI is InChI=1S/C13H15Cl3N2O/c14-8-5-10(15)12(11(16)6-8)18-13(19)7-2-1-3-9(17)4-7/h5-7,9H,1-4,17H2,(H,18,19). The molecule has 19 heavy (non-hydrogen) atoms. The molecule has 1 amide bonds. The van der Waals surface area contributed by atoms with Crippen LogP contribution in [-0.4, -0.2) is 11.9 Å². The van der Waals surface area contributed by atoms with Crippen molar-refractivity contribution in [1.29, 1.82) is 0 Å². The van der Waals surface area contributed by atoms with Crippen LogP contribution in [0.15, 0.2) is 12.1 Å². The molecule has 1 saturated carbocycles. The normalized spacial score (nSPS) is 23.2. The molecular weight excluding hydrogens is 307 g/mol. The Bertz CT molecular complexity index is 470. The zero-order chi connectivity index (χ0) is 14.0. The molecular formula is C13H15Cl3N2O. The van der Waals surface area contributed by atoms with E-state index in [0.29, 0.717) is 27.2 Å². The Morgan fingerprint density at radius 2 is 1.84 bits per heavy atom. The summed E-state index contributed by atoms with van der Waals surface area (Å²) in [6, 6.07) is 3.20. The zero-order valence-electron chi connectivity index (χ0n) is 10.3. The minimum Gasteiger partial charge on any atom is -0.328 e. The van der Waals surface area contributed by atoms with Crippen molar-refractivity contribution in [2.45, 2.75) is 31.7 Å². The molecule has 6 heteroatoms. The highest BCUT2D eigenvalue weighted by molar-refractivity contribution is 6.42. The molecule has 1 fully saturated rings. The summed E-state index contributed by atoms with van der Waals surface area (Å²) < 4.78 is 0. The van der Waals surface area contributed by atoms with Gasteiger partial charge in [-0.15, -0.1) is 0 Å². The van der Waals surface area contributed by atoms with Gasteiger partial charge in [0.2, 0.25) is 5.91 Å². The average molecular weight is 322 g/mol. The first-order chi connectivity index (χ1) is 8.97. The molecule has 0 radical (unpaired) electrons. The van der Waals surface area contributed by atoms with Crippen LogP contribution in [0, 0.1) is 5.92 Å². The summed E-state index contributed by atoms with van der Waals surface area (Å²) in [7, 11) is 0. The van der Waals surface area contributed by atoms with Crippen molar-refractivity contribution in [3.63, 3.8) is 0 Å². The number of anilines is 1. The Balaban J connectivity index is 2.10. The average Bonchev–Trinajstić information content (AvgIpc) is 2.33. The molecule has 0 bridgehead atoms. The number of amides is 1. The van der Waals surface area contributed by atoms with Gasteiger partial charge in [-0.1, -0.05) is 41.2 Å². The van der Waals surface area contributed by atoms with Gasteiger partial charge in [0.05, 0.1) is 15.7 Å². The quantitative estimate of drug-likeness (QED) is 0.861. The first-order valence-electron chi connectivity index (χ1n) is 6.18. The van der Waals surface area contributed by atoms with Gasteiger partial charge in [-0.2, -0.15) is 0 Å². The van der Waals surface area contributed by atoms with E-state index in [0.717, 1.165) is 19.3 Å². The van der Waals surface area contributed by atoms with Crippen molar-refractivity contribution in [2.24, 2.45) is 11.7 Å². The maximum atomic E-state index is 12.2. The summed E-state index contributed by atoms with van der Waals surface area (Å²) in [6.45, 7) is 0. The summed E-state index contributed by atoms with van der Waals surface area (Å²) in [5.74, 6) is -0.159. The Kier molecular flexibility index (Phi) is 4.96. The van der Waals surface area contributed by atoms with E-state index in [1.165, 1.54) is 0 Å². The molecule has 2 rings (SSSR count). The summed E-state index contributed by atoms with van der Waals surface area (Å²) in [5, 5.41) is 3.89. The van der Waals surface area contributed by atoms with Crippen LogP contribution >= 0.6 is 34.8 Å². The lowest BCUT2D eigenvalue weighted by Gasteiger charge is -2.26. The molecule has 1 aromatic rings. The van der Waals surface area contributed by atoms with Gasteiger partial charge in [0, 0.05) is 17.0 Å². The monoisotopic (exact) mass is 320 g/mol. The molecule has 0 spiro atoms. The number of nitrogens with one attached hydrogen (secondary N) is 1. The topological polar surface area (TPSA) is 55.1 Å². The maximum absolute atomic E-state index is 12.2. The van der Waals surface area contributed by atoms with Crippen molar-refractivity contribution in [2.75, 3.05) is 5.32 Å². The van der Waals surface area contributed by atoms with E-state index >= 15 is 0 Å². The van der Waals surface area contributed by atoms with Crippen LogP contribution in [0.3, 0.4) is 0 Å². The second-order valence-corrected chi connectivity index (χ2v) is 6.11. The number of hydrogen-bond donors (Lipinski definition) is 2. The molecule has 0 saturated heterocycles. The van der Waals surface area contributed by atoms with Crippen LogP contribution in [0.5, 0.6) is 0 Å². The molecule has 3 N–H and O–H groups in total. The predicted molar refractivity (Wildman–Crippen MR) is 80.0 cm³/mol. The van der Waals surface area contributed by atoms with Crippen LogP contribution < -0.4 is 11.1 Å². The number of nitrogens with two attached hydrogens (primary N) is 1. The lowest BCUT2D eigenvalue weighted by atomic mass is 9.85. The van der Waals surface area contributed by atoms with Crippen molar-refractivity contribution < 1.29 is 4.79 Å². The lowest BCUT2D eigenvalue weighted by molar-refractivity contribution is -0.120. The Labute approximate surface area is 127 Å². The van der Waals surface area contributed by atoms with Crippen molar-refractivity contribution in [3.8, 4) is 0 Å². The number of halogens is 3. The van der Waals surface area contributed by atoms with E-state index in [9.17, 15) is 4.79 Å². The second kappa shape index (κ2) is 6.31. The van der Waals surface area contributed by atoms with Crippen LogP contribution in [-0.2, 0) is 4.79 Å². The van der Waals surface area contributed by atoms with Gasteiger partial charge in [-0.05, 0) is 31.4 Å². The lowest BCUT2D eigenvalue weighted by Crippen LogP contribution is -2.34. The van der Waals surface area contributed by atoms with Gasteiger partial charge < -0.3 is 11.1 Å². The fraction of sp³-hybridized carbons (Fsp3) is 0.462. The molecule has 104 valence electrons. The van der Waals surface area contributed by atoms with Gasteiger partial charge in [0.25, 0.3) is 0 Å². The molecule has 0 aliphatic heterocycles. The Hall–Kier alpha value is -0.480. The fourth-order valence-corrected chi connectivity index (χ4v) is 3.26. The maximum Gasteiger partial charge on any atom is 0.227 e. The molecule has 1 aliphatic rings. The molecule has 0 heterocycles. The summed E-state index contributed by atoms with van der Waals surface area (Å²) >= 11 is 17.9. The third kappa shape index (κ3) is 3.76. The Morgan fingerprint density at radius 3 is 2.42 bits per heavy atom. The smallest absolute Gasteiger partial charge is 0.227 e. The zero-order valence-corrected chi connectivity index (χ0v) is 12.5. The van der Waals surface area contributed by atoms with Gasteiger partial charge in [-0.25, -0.2) is 0 Å². The minimum absolute atomic E-state index is 0.0773. The number of carbonyl (C=O) groups is 1. The Morgan fingerprint density at radius 1 is 1.21 bits per heavy atom. The number of benzene rings is 1. The third-order valence-corrected chi connectivity index (χ3v) is 4.16. The minimum atomic E-state index is -0.0822. The van der Waals surface area contributed by atoms with E-state index in [-0.39, 0.29) is 17.9 Å². The molecule has 2 atom stereocenters. The third-order valence-electron chi connectivity index (χ3n) is 3.34. The van der Waals surface area contributed by atoms with Crippen LogP contribution in [0.2, 0.25) is 15.1 Å². The molecule has 3 nitrogen and oxygen atoms in total. The van der Waals surface area contributed by atoms with Crippen molar-refractivity contribution in [1.82, 2.24) is 0 Å². The second-order valence-electron chi connectivity index (χ2n) is 4.86. The summed E-state index contributed by atoms with van der Waals surface area (Å²) in [4.78, 5) is 12.2. The molecule has 1 aliphatic carbocycles. The van der Waals surface area contributed by atoms with Crippen LogP contribution in [0.1, 0.15) is 25.7 Å². The molecule has 2 unspecified atom stereocenters. The molecule has 1 aromatic carbocycles.